The number of amides is 1. The van der Waals surface area contributed by atoms with Crippen LogP contribution in [0.1, 0.15) is 41.5 Å². The molecule has 2 aliphatic rings. The van der Waals surface area contributed by atoms with E-state index in [-0.39, 0.29) is 17.9 Å². The van der Waals surface area contributed by atoms with Crippen LogP contribution in [0.15, 0.2) is 89.5 Å². The van der Waals surface area contributed by atoms with Gasteiger partial charge in [-0.2, -0.15) is 4.98 Å². The summed E-state index contributed by atoms with van der Waals surface area (Å²) >= 11 is 0. The number of carbonyl (C=O) groups excluding carboxylic acids is 1. The molecule has 3 aromatic carbocycles. The normalized spacial score (nSPS) is 18.8. The molecule has 0 radical (unpaired) electrons. The number of carbonyl (C=O) groups is 1. The number of benzene rings is 3. The standard InChI is InChI=1S/C33H37N5O2/c1-25-14-16-28(17-15-25)32-34-30(40-35-32)24-36-18-8-13-29(23-36)33(39)38-21-19-37(20-22-38)31(26-9-4-2-5-10-26)27-11-6-3-7-12-27/h2-7,9-12,14-17,29,31H,8,13,18-24H2,1H3. The van der Waals surface area contributed by atoms with E-state index in [1.54, 1.807) is 0 Å². The number of likely N-dealkylation sites (tertiary alicyclic amines) is 1. The number of piperidine rings is 1. The molecule has 0 saturated carbocycles. The summed E-state index contributed by atoms with van der Waals surface area (Å²) in [7, 11) is 0. The molecule has 2 saturated heterocycles. The van der Waals surface area contributed by atoms with E-state index in [4.69, 9.17) is 4.52 Å². The van der Waals surface area contributed by atoms with Gasteiger partial charge in [0, 0.05) is 38.3 Å². The zero-order valence-corrected chi connectivity index (χ0v) is 23.2. The molecule has 4 aromatic rings. The van der Waals surface area contributed by atoms with Gasteiger partial charge in [-0.1, -0.05) is 95.6 Å². The van der Waals surface area contributed by atoms with Crippen molar-refractivity contribution in [2.45, 2.75) is 32.4 Å². The van der Waals surface area contributed by atoms with Crippen LogP contribution >= 0.6 is 0 Å². The SMILES string of the molecule is Cc1ccc(-c2noc(CN3CCCC(C(=O)N4CCN(C(c5ccccc5)c5ccccc5)CC4)C3)n2)cc1. The smallest absolute Gasteiger partial charge is 0.241 e. The first-order valence-corrected chi connectivity index (χ1v) is 14.4. The van der Waals surface area contributed by atoms with Crippen LogP contribution in [0.4, 0.5) is 0 Å². The van der Waals surface area contributed by atoms with Crippen LogP contribution in [-0.4, -0.2) is 70.0 Å². The van der Waals surface area contributed by atoms with Crippen molar-refractivity contribution in [3.8, 4) is 11.4 Å². The van der Waals surface area contributed by atoms with E-state index in [1.165, 1.54) is 16.7 Å². The molecule has 0 spiro atoms. The number of nitrogens with zero attached hydrogens (tertiary/aromatic N) is 5. The molecule has 6 rings (SSSR count). The van der Waals surface area contributed by atoms with Crippen molar-refractivity contribution >= 4 is 5.91 Å². The highest BCUT2D eigenvalue weighted by atomic mass is 16.5. The fraction of sp³-hybridized carbons (Fsp3) is 0.364. The minimum Gasteiger partial charge on any atom is -0.340 e. The Labute approximate surface area is 236 Å². The third kappa shape index (κ3) is 6.01. The maximum Gasteiger partial charge on any atom is 0.241 e. The lowest BCUT2D eigenvalue weighted by Gasteiger charge is -2.41. The lowest BCUT2D eigenvalue weighted by molar-refractivity contribution is -0.139. The highest BCUT2D eigenvalue weighted by molar-refractivity contribution is 5.79. The first-order chi connectivity index (χ1) is 19.6. The molecular formula is C33H37N5O2. The van der Waals surface area contributed by atoms with Gasteiger partial charge in [-0.3, -0.25) is 14.6 Å². The van der Waals surface area contributed by atoms with E-state index in [0.717, 1.165) is 57.7 Å². The molecule has 1 amide bonds. The lowest BCUT2D eigenvalue weighted by Crippen LogP contribution is -2.53. The molecule has 1 aromatic heterocycles. The predicted octanol–water partition coefficient (Wildman–Crippen LogP) is 5.19. The maximum absolute atomic E-state index is 13.6. The van der Waals surface area contributed by atoms with Gasteiger partial charge in [0.2, 0.25) is 17.6 Å². The third-order valence-electron chi connectivity index (χ3n) is 8.21. The number of hydrogen-bond acceptors (Lipinski definition) is 6. The minimum atomic E-state index is 0.0128. The number of piperazine rings is 1. The summed E-state index contributed by atoms with van der Waals surface area (Å²) in [4.78, 5) is 25.1. The first-order valence-electron chi connectivity index (χ1n) is 14.4. The largest absolute Gasteiger partial charge is 0.340 e. The molecular weight excluding hydrogens is 498 g/mol. The number of aromatic nitrogens is 2. The van der Waals surface area contributed by atoms with Crippen LogP contribution in [0, 0.1) is 12.8 Å². The van der Waals surface area contributed by atoms with Crippen LogP contribution in [0.25, 0.3) is 11.4 Å². The van der Waals surface area contributed by atoms with Crippen molar-refractivity contribution in [1.82, 2.24) is 24.8 Å². The Hall–Kier alpha value is -3.81. The molecule has 1 unspecified atom stereocenters. The summed E-state index contributed by atoms with van der Waals surface area (Å²) in [6.45, 7) is 7.55. The van der Waals surface area contributed by atoms with Crippen LogP contribution in [-0.2, 0) is 11.3 Å². The summed E-state index contributed by atoms with van der Waals surface area (Å²) < 4.78 is 5.57. The predicted molar refractivity (Wildman–Crippen MR) is 155 cm³/mol. The van der Waals surface area contributed by atoms with Gasteiger partial charge in [0.15, 0.2) is 0 Å². The van der Waals surface area contributed by atoms with Crippen molar-refractivity contribution in [2.24, 2.45) is 5.92 Å². The Balaban J connectivity index is 1.06. The summed E-state index contributed by atoms with van der Waals surface area (Å²) in [5, 5.41) is 4.18. The molecule has 0 aliphatic carbocycles. The molecule has 206 valence electrons. The van der Waals surface area contributed by atoms with Gasteiger partial charge in [-0.05, 0) is 37.4 Å². The van der Waals surface area contributed by atoms with E-state index >= 15 is 0 Å². The summed E-state index contributed by atoms with van der Waals surface area (Å²) in [6.07, 6.45) is 1.93. The molecule has 7 heteroatoms. The van der Waals surface area contributed by atoms with E-state index in [1.807, 2.05) is 12.1 Å². The number of hydrogen-bond donors (Lipinski definition) is 0. The van der Waals surface area contributed by atoms with Crippen molar-refractivity contribution in [3.05, 3.63) is 108 Å². The summed E-state index contributed by atoms with van der Waals surface area (Å²) in [6, 6.07) is 29.7. The Morgan fingerprint density at radius 1 is 0.875 bits per heavy atom. The third-order valence-corrected chi connectivity index (χ3v) is 8.21. The average Bonchev–Trinajstić information content (AvgIpc) is 3.47. The van der Waals surface area contributed by atoms with Crippen LogP contribution in [0.5, 0.6) is 0 Å². The fourth-order valence-corrected chi connectivity index (χ4v) is 6.07. The molecule has 3 heterocycles. The molecule has 7 nitrogen and oxygen atoms in total. The molecule has 1 atom stereocenters. The number of aryl methyl sites for hydroxylation is 1. The average molecular weight is 536 g/mol. The Morgan fingerprint density at radius 2 is 1.52 bits per heavy atom. The van der Waals surface area contributed by atoms with E-state index in [9.17, 15) is 4.79 Å². The van der Waals surface area contributed by atoms with Gasteiger partial charge in [0.05, 0.1) is 18.5 Å². The zero-order valence-electron chi connectivity index (χ0n) is 23.2. The van der Waals surface area contributed by atoms with Gasteiger partial charge < -0.3 is 9.42 Å². The highest BCUT2D eigenvalue weighted by Gasteiger charge is 2.33. The van der Waals surface area contributed by atoms with E-state index in [0.29, 0.717) is 18.3 Å². The van der Waals surface area contributed by atoms with Crippen molar-refractivity contribution in [3.63, 3.8) is 0 Å². The van der Waals surface area contributed by atoms with Gasteiger partial charge in [-0.15, -0.1) is 0 Å². The second-order valence-corrected chi connectivity index (χ2v) is 11.0. The summed E-state index contributed by atoms with van der Waals surface area (Å²) in [5.74, 6) is 1.51. The molecule has 0 N–H and O–H groups in total. The van der Waals surface area contributed by atoms with Crippen LogP contribution in [0.3, 0.4) is 0 Å². The highest BCUT2D eigenvalue weighted by Crippen LogP contribution is 2.30. The fourth-order valence-electron chi connectivity index (χ4n) is 6.07. The Bertz CT molecular complexity index is 1340. The lowest BCUT2D eigenvalue weighted by atomic mass is 9.95. The van der Waals surface area contributed by atoms with E-state index in [2.05, 4.69) is 105 Å². The van der Waals surface area contributed by atoms with Crippen LogP contribution < -0.4 is 0 Å². The second-order valence-electron chi connectivity index (χ2n) is 11.0. The Kier molecular flexibility index (Phi) is 8.02. The van der Waals surface area contributed by atoms with Gasteiger partial charge in [0.1, 0.15) is 0 Å². The van der Waals surface area contributed by atoms with Gasteiger partial charge in [-0.25, -0.2) is 0 Å². The van der Waals surface area contributed by atoms with Crippen LogP contribution in [0.2, 0.25) is 0 Å². The molecule has 40 heavy (non-hydrogen) atoms. The van der Waals surface area contributed by atoms with Gasteiger partial charge >= 0.3 is 0 Å². The monoisotopic (exact) mass is 535 g/mol. The zero-order chi connectivity index (χ0) is 27.3. The van der Waals surface area contributed by atoms with Crippen molar-refractivity contribution in [1.29, 1.82) is 0 Å². The number of rotatable bonds is 7. The maximum atomic E-state index is 13.6. The minimum absolute atomic E-state index is 0.0128. The van der Waals surface area contributed by atoms with Crippen molar-refractivity contribution < 1.29 is 9.32 Å². The summed E-state index contributed by atoms with van der Waals surface area (Å²) in [5.41, 5.74) is 4.74. The van der Waals surface area contributed by atoms with Gasteiger partial charge in [0.25, 0.3) is 0 Å². The second kappa shape index (κ2) is 12.1. The quantitative estimate of drug-likeness (QED) is 0.325. The first kappa shape index (κ1) is 26.4. The van der Waals surface area contributed by atoms with Crippen molar-refractivity contribution in [2.75, 3.05) is 39.3 Å². The van der Waals surface area contributed by atoms with E-state index < -0.39 is 0 Å². The topological polar surface area (TPSA) is 65.7 Å². The molecule has 2 fully saturated rings. The molecule has 2 aliphatic heterocycles. The molecule has 0 bridgehead atoms. The Morgan fingerprint density at radius 3 is 2.17 bits per heavy atom.